The Kier molecular flexibility index (Phi) is 6.11. The molecule has 0 unspecified atom stereocenters. The minimum absolute atomic E-state index is 0.189. The van der Waals surface area contributed by atoms with Crippen LogP contribution in [0, 0.1) is 29.0 Å². The van der Waals surface area contributed by atoms with Gasteiger partial charge in [-0.15, -0.1) is 5.92 Å². The zero-order chi connectivity index (χ0) is 22.7. The third-order valence-corrected chi connectivity index (χ3v) is 5.51. The van der Waals surface area contributed by atoms with Crippen molar-refractivity contribution in [2.24, 2.45) is 0 Å². The number of benzene rings is 1. The Morgan fingerprint density at radius 3 is 2.91 bits per heavy atom. The monoisotopic (exact) mass is 427 g/mol. The molecule has 1 aliphatic heterocycles. The maximum absolute atomic E-state index is 14.0. The molecule has 32 heavy (non-hydrogen) atoms. The van der Waals surface area contributed by atoms with Gasteiger partial charge in [0, 0.05) is 31.4 Å². The molecular weight excluding hydrogens is 405 g/mol. The Morgan fingerprint density at radius 2 is 2.19 bits per heavy atom. The average molecular weight is 427 g/mol. The zero-order valence-electron chi connectivity index (χ0n) is 17.9. The second kappa shape index (κ2) is 9.13. The summed E-state index contributed by atoms with van der Waals surface area (Å²) in [4.78, 5) is 24.3. The summed E-state index contributed by atoms with van der Waals surface area (Å²) in [6, 6.07) is 9.72. The molecule has 1 aliphatic rings. The van der Waals surface area contributed by atoms with Crippen LogP contribution in [0.4, 0.5) is 4.39 Å². The number of nitrogens with one attached hydrogen (secondary N) is 1. The molecule has 1 atom stereocenters. The molecule has 0 aliphatic carbocycles. The number of likely N-dealkylation sites (N-methyl/N-ethyl adjacent to an activating group) is 1. The smallest absolute Gasteiger partial charge is 0.257 e. The largest absolute Gasteiger partial charge is 0.340 e. The molecule has 1 N–H and O–H groups in total. The number of hydrogen-bond donors (Lipinski definition) is 1. The van der Waals surface area contributed by atoms with Crippen LogP contribution in [-0.4, -0.2) is 47.0 Å². The summed E-state index contributed by atoms with van der Waals surface area (Å²) < 4.78 is 14.0. The standard InChI is InChI=1S/C25H22FN5O/c1-3-5-17-14-29-22-8-7-21(18-10-16(13-27)11-19(26)12-18)30-24(22)23(17)25(32)31(2)15-20-6-4-9-28-20/h7-8,10-12,14,20,28H,4,6,9,15H2,1-2H3/t20-/m0/s1. The van der Waals surface area contributed by atoms with Crippen molar-refractivity contribution in [3.8, 4) is 29.2 Å². The lowest BCUT2D eigenvalue weighted by molar-refractivity contribution is 0.0785. The van der Waals surface area contributed by atoms with Gasteiger partial charge < -0.3 is 10.2 Å². The van der Waals surface area contributed by atoms with Crippen molar-refractivity contribution in [3.63, 3.8) is 0 Å². The van der Waals surface area contributed by atoms with Gasteiger partial charge in [-0.25, -0.2) is 9.37 Å². The van der Waals surface area contributed by atoms with Gasteiger partial charge in [0.15, 0.2) is 0 Å². The predicted octanol–water partition coefficient (Wildman–Crippen LogP) is 3.50. The van der Waals surface area contributed by atoms with Gasteiger partial charge in [0.25, 0.3) is 5.91 Å². The fraction of sp³-hybridized carbons (Fsp3) is 0.280. The third-order valence-electron chi connectivity index (χ3n) is 5.51. The maximum Gasteiger partial charge on any atom is 0.257 e. The second-order valence-corrected chi connectivity index (χ2v) is 7.81. The Balaban J connectivity index is 1.83. The van der Waals surface area contributed by atoms with E-state index in [-0.39, 0.29) is 17.5 Å². The van der Waals surface area contributed by atoms with Crippen molar-refractivity contribution < 1.29 is 9.18 Å². The van der Waals surface area contributed by atoms with E-state index >= 15 is 0 Å². The summed E-state index contributed by atoms with van der Waals surface area (Å²) in [5.41, 5.74) is 2.93. The van der Waals surface area contributed by atoms with Crippen LogP contribution in [-0.2, 0) is 0 Å². The summed E-state index contributed by atoms with van der Waals surface area (Å²) in [6.07, 6.45) is 3.71. The van der Waals surface area contributed by atoms with Crippen molar-refractivity contribution in [2.75, 3.05) is 20.1 Å². The Hall–Kier alpha value is -3.81. The molecule has 1 fully saturated rings. The number of carbonyl (C=O) groups excluding carboxylic acids is 1. The fourth-order valence-electron chi connectivity index (χ4n) is 3.99. The number of rotatable bonds is 4. The maximum atomic E-state index is 14.0. The first-order valence-electron chi connectivity index (χ1n) is 10.4. The van der Waals surface area contributed by atoms with Crippen LogP contribution in [0.2, 0.25) is 0 Å². The number of halogens is 1. The molecule has 2 aromatic heterocycles. The molecule has 1 amide bonds. The van der Waals surface area contributed by atoms with E-state index in [9.17, 15) is 14.4 Å². The van der Waals surface area contributed by atoms with Crippen LogP contribution < -0.4 is 5.32 Å². The molecule has 0 spiro atoms. The molecule has 0 saturated carbocycles. The Labute approximate surface area is 186 Å². The fourth-order valence-corrected chi connectivity index (χ4v) is 3.99. The lowest BCUT2D eigenvalue weighted by Gasteiger charge is -2.22. The summed E-state index contributed by atoms with van der Waals surface area (Å²) in [7, 11) is 1.77. The number of nitrogens with zero attached hydrogens (tertiary/aromatic N) is 4. The van der Waals surface area contributed by atoms with E-state index in [0.717, 1.165) is 19.4 Å². The van der Waals surface area contributed by atoms with E-state index in [1.165, 1.54) is 12.1 Å². The summed E-state index contributed by atoms with van der Waals surface area (Å²) in [5, 5.41) is 12.6. The molecule has 160 valence electrons. The van der Waals surface area contributed by atoms with Crippen LogP contribution in [0.15, 0.2) is 36.5 Å². The number of pyridine rings is 2. The van der Waals surface area contributed by atoms with Gasteiger partial charge in [-0.05, 0) is 56.6 Å². The zero-order valence-corrected chi connectivity index (χ0v) is 17.9. The third kappa shape index (κ3) is 4.30. The van der Waals surface area contributed by atoms with E-state index in [1.54, 1.807) is 43.3 Å². The number of carbonyl (C=O) groups is 1. The van der Waals surface area contributed by atoms with Crippen molar-refractivity contribution in [1.82, 2.24) is 20.2 Å². The number of amides is 1. The van der Waals surface area contributed by atoms with Crippen LogP contribution in [0.5, 0.6) is 0 Å². The van der Waals surface area contributed by atoms with Crippen LogP contribution in [0.1, 0.15) is 41.3 Å². The quantitative estimate of drug-likeness (QED) is 0.645. The van der Waals surface area contributed by atoms with Crippen molar-refractivity contribution in [1.29, 1.82) is 5.26 Å². The highest BCUT2D eigenvalue weighted by atomic mass is 19.1. The minimum Gasteiger partial charge on any atom is -0.340 e. The first-order chi connectivity index (χ1) is 15.5. The summed E-state index contributed by atoms with van der Waals surface area (Å²) in [6.45, 7) is 3.24. The van der Waals surface area contributed by atoms with Crippen molar-refractivity contribution >= 4 is 16.9 Å². The number of aromatic nitrogens is 2. The van der Waals surface area contributed by atoms with Crippen molar-refractivity contribution in [2.45, 2.75) is 25.8 Å². The normalized spacial score (nSPS) is 15.1. The van der Waals surface area contributed by atoms with Crippen LogP contribution in [0.3, 0.4) is 0 Å². The van der Waals surface area contributed by atoms with Crippen LogP contribution in [0.25, 0.3) is 22.3 Å². The summed E-state index contributed by atoms with van der Waals surface area (Å²) >= 11 is 0. The van der Waals surface area contributed by atoms with E-state index in [1.807, 2.05) is 6.07 Å². The highest BCUT2D eigenvalue weighted by Crippen LogP contribution is 2.26. The molecule has 7 heteroatoms. The predicted molar refractivity (Wildman–Crippen MR) is 120 cm³/mol. The van der Waals surface area contributed by atoms with Gasteiger partial charge in [0.05, 0.1) is 34.0 Å². The minimum atomic E-state index is -0.523. The molecule has 3 heterocycles. The molecule has 6 nitrogen and oxygen atoms in total. The van der Waals surface area contributed by atoms with Gasteiger partial charge in [-0.3, -0.25) is 9.78 Å². The lowest BCUT2D eigenvalue weighted by atomic mass is 10.0. The molecule has 1 saturated heterocycles. The summed E-state index contributed by atoms with van der Waals surface area (Å²) in [5.74, 6) is 5.09. The molecule has 4 rings (SSSR count). The Morgan fingerprint density at radius 1 is 1.34 bits per heavy atom. The van der Waals surface area contributed by atoms with Gasteiger partial charge in [-0.1, -0.05) is 5.92 Å². The number of nitriles is 1. The molecule has 0 bridgehead atoms. The van der Waals surface area contributed by atoms with Gasteiger partial charge in [0.1, 0.15) is 11.3 Å². The molecule has 0 radical (unpaired) electrons. The van der Waals surface area contributed by atoms with Gasteiger partial charge >= 0.3 is 0 Å². The number of fused-ring (bicyclic) bond motifs is 1. The molecule has 3 aromatic rings. The molecule has 1 aromatic carbocycles. The highest BCUT2D eigenvalue weighted by Gasteiger charge is 2.24. The lowest BCUT2D eigenvalue weighted by Crippen LogP contribution is -2.39. The second-order valence-electron chi connectivity index (χ2n) is 7.81. The van der Waals surface area contributed by atoms with Crippen LogP contribution >= 0.6 is 0 Å². The van der Waals surface area contributed by atoms with E-state index in [4.69, 9.17) is 0 Å². The average Bonchev–Trinajstić information content (AvgIpc) is 3.30. The first kappa shape index (κ1) is 21.4. The van der Waals surface area contributed by atoms with Crippen molar-refractivity contribution in [3.05, 3.63) is 59.0 Å². The highest BCUT2D eigenvalue weighted by molar-refractivity contribution is 6.07. The van der Waals surface area contributed by atoms with E-state index in [0.29, 0.717) is 40.0 Å². The SMILES string of the molecule is CC#Cc1cnc2ccc(-c3cc(F)cc(C#N)c3)nc2c1C(=O)N(C)C[C@@H]1CCCN1. The first-order valence-corrected chi connectivity index (χ1v) is 10.4. The van der Waals surface area contributed by atoms with Gasteiger partial charge in [-0.2, -0.15) is 5.26 Å². The van der Waals surface area contributed by atoms with Gasteiger partial charge in [0.2, 0.25) is 0 Å². The number of hydrogen-bond acceptors (Lipinski definition) is 5. The Bertz CT molecular complexity index is 1300. The topological polar surface area (TPSA) is 81.9 Å². The molecular formula is C25H22FN5O. The van der Waals surface area contributed by atoms with E-state index < -0.39 is 5.82 Å². The van der Waals surface area contributed by atoms with E-state index in [2.05, 4.69) is 27.1 Å².